The number of aliphatic hydroxyl groups is 1. The second-order valence-corrected chi connectivity index (χ2v) is 4.95. The number of hydrogen-bond donors (Lipinski definition) is 3. The summed E-state index contributed by atoms with van der Waals surface area (Å²) in [6.07, 6.45) is -3.67. The standard InChI is InChI=1S/C12H17F3N4O/c1-7-2-3-19(9(7)6-20)11-5-8(12(13,14)15)4-10(17-11)18-16/h4-5,7,9,20H,2-3,6,16H2,1H3,(H,17,18). The molecule has 2 unspecified atom stereocenters. The predicted octanol–water partition coefficient (Wildman–Crippen LogP) is 1.59. The van der Waals surface area contributed by atoms with E-state index in [-0.39, 0.29) is 30.2 Å². The van der Waals surface area contributed by atoms with Gasteiger partial charge in [-0.25, -0.2) is 10.8 Å². The van der Waals surface area contributed by atoms with Crippen LogP contribution in [0.2, 0.25) is 0 Å². The Kier molecular flexibility index (Phi) is 4.05. The Bertz CT molecular complexity index is 480. The molecule has 1 aromatic heterocycles. The van der Waals surface area contributed by atoms with Gasteiger partial charge in [-0.15, -0.1) is 0 Å². The van der Waals surface area contributed by atoms with Gasteiger partial charge in [0.15, 0.2) is 0 Å². The van der Waals surface area contributed by atoms with Gasteiger partial charge in [0, 0.05) is 6.54 Å². The summed E-state index contributed by atoms with van der Waals surface area (Å²) in [5.74, 6) is 5.50. The number of hydrazine groups is 1. The molecule has 112 valence electrons. The average Bonchev–Trinajstić information content (AvgIpc) is 2.78. The number of alkyl halides is 3. The number of nitrogen functional groups attached to an aromatic ring is 1. The van der Waals surface area contributed by atoms with Crippen LogP contribution in [0.1, 0.15) is 18.9 Å². The number of halogens is 3. The number of pyridine rings is 1. The van der Waals surface area contributed by atoms with Crippen molar-refractivity contribution in [2.75, 3.05) is 23.5 Å². The van der Waals surface area contributed by atoms with E-state index < -0.39 is 11.7 Å². The summed E-state index contributed by atoms with van der Waals surface area (Å²) in [6, 6.07) is 1.62. The molecule has 0 radical (unpaired) electrons. The first kappa shape index (κ1) is 14.9. The van der Waals surface area contributed by atoms with Gasteiger partial charge >= 0.3 is 6.18 Å². The maximum absolute atomic E-state index is 12.9. The molecule has 1 aliphatic heterocycles. The number of nitrogens with zero attached hydrogens (tertiary/aromatic N) is 2. The largest absolute Gasteiger partial charge is 0.416 e. The first-order chi connectivity index (χ1) is 9.36. The van der Waals surface area contributed by atoms with Crippen LogP contribution in [0.4, 0.5) is 24.8 Å². The fourth-order valence-electron chi connectivity index (χ4n) is 2.47. The summed E-state index contributed by atoms with van der Waals surface area (Å²) in [4.78, 5) is 5.75. The number of nitrogens with one attached hydrogen (secondary N) is 1. The number of aromatic nitrogens is 1. The van der Waals surface area contributed by atoms with E-state index in [0.29, 0.717) is 6.54 Å². The lowest BCUT2D eigenvalue weighted by molar-refractivity contribution is -0.137. The van der Waals surface area contributed by atoms with Crippen molar-refractivity contribution in [1.29, 1.82) is 0 Å². The Morgan fingerprint density at radius 3 is 2.75 bits per heavy atom. The Balaban J connectivity index is 2.41. The van der Waals surface area contributed by atoms with Crippen LogP contribution >= 0.6 is 0 Å². The smallest absolute Gasteiger partial charge is 0.394 e. The van der Waals surface area contributed by atoms with Crippen molar-refractivity contribution in [3.8, 4) is 0 Å². The van der Waals surface area contributed by atoms with E-state index in [9.17, 15) is 18.3 Å². The van der Waals surface area contributed by atoms with Crippen molar-refractivity contribution in [2.45, 2.75) is 25.6 Å². The molecular weight excluding hydrogens is 273 g/mol. The van der Waals surface area contributed by atoms with E-state index in [1.54, 1.807) is 4.90 Å². The Labute approximate surface area is 114 Å². The molecule has 0 aromatic carbocycles. The Morgan fingerprint density at radius 2 is 2.20 bits per heavy atom. The fraction of sp³-hybridized carbons (Fsp3) is 0.583. The van der Waals surface area contributed by atoms with Gasteiger partial charge in [-0.2, -0.15) is 13.2 Å². The third-order valence-corrected chi connectivity index (χ3v) is 3.65. The van der Waals surface area contributed by atoms with Crippen molar-refractivity contribution < 1.29 is 18.3 Å². The molecule has 20 heavy (non-hydrogen) atoms. The van der Waals surface area contributed by atoms with Crippen molar-refractivity contribution in [1.82, 2.24) is 4.98 Å². The SMILES string of the molecule is CC1CCN(c2cc(C(F)(F)F)cc(NN)n2)C1CO. The van der Waals surface area contributed by atoms with Gasteiger partial charge in [0.05, 0.1) is 18.2 Å². The van der Waals surface area contributed by atoms with E-state index in [1.165, 1.54) is 0 Å². The van der Waals surface area contributed by atoms with Crippen molar-refractivity contribution in [3.63, 3.8) is 0 Å². The van der Waals surface area contributed by atoms with Crippen LogP contribution in [0.5, 0.6) is 0 Å². The molecule has 1 aromatic rings. The van der Waals surface area contributed by atoms with Crippen molar-refractivity contribution in [2.24, 2.45) is 11.8 Å². The summed E-state index contributed by atoms with van der Waals surface area (Å²) in [6.45, 7) is 2.39. The highest BCUT2D eigenvalue weighted by Gasteiger charge is 2.35. The molecule has 4 N–H and O–H groups in total. The minimum absolute atomic E-state index is 0.0499. The lowest BCUT2D eigenvalue weighted by Gasteiger charge is -2.27. The first-order valence-electron chi connectivity index (χ1n) is 6.30. The highest BCUT2D eigenvalue weighted by molar-refractivity contribution is 5.52. The zero-order chi connectivity index (χ0) is 14.9. The highest BCUT2D eigenvalue weighted by atomic mass is 19.4. The summed E-state index contributed by atoms with van der Waals surface area (Å²) < 4.78 is 38.6. The van der Waals surface area contributed by atoms with Crippen LogP contribution in [0.15, 0.2) is 12.1 Å². The third kappa shape index (κ3) is 2.80. The monoisotopic (exact) mass is 290 g/mol. The molecule has 8 heteroatoms. The molecule has 2 heterocycles. The van der Waals surface area contributed by atoms with Gasteiger partial charge in [-0.1, -0.05) is 6.92 Å². The fourth-order valence-corrected chi connectivity index (χ4v) is 2.47. The predicted molar refractivity (Wildman–Crippen MR) is 69.0 cm³/mol. The van der Waals surface area contributed by atoms with Crippen LogP contribution < -0.4 is 16.2 Å². The topological polar surface area (TPSA) is 74.4 Å². The van der Waals surface area contributed by atoms with Crippen LogP contribution in [0, 0.1) is 5.92 Å². The Hall–Kier alpha value is -1.54. The normalized spacial score (nSPS) is 23.2. The second-order valence-electron chi connectivity index (χ2n) is 4.95. The number of nitrogens with two attached hydrogens (primary N) is 1. The number of aliphatic hydroxyl groups excluding tert-OH is 1. The highest BCUT2D eigenvalue weighted by Crippen LogP contribution is 2.35. The molecule has 2 rings (SSSR count). The van der Waals surface area contributed by atoms with Gasteiger partial charge < -0.3 is 15.4 Å². The molecule has 5 nitrogen and oxygen atoms in total. The molecular formula is C12H17F3N4O. The molecule has 0 aliphatic carbocycles. The molecule has 1 aliphatic rings. The average molecular weight is 290 g/mol. The first-order valence-corrected chi connectivity index (χ1v) is 6.30. The van der Waals surface area contributed by atoms with Gasteiger partial charge in [-0.3, -0.25) is 0 Å². The van der Waals surface area contributed by atoms with Gasteiger partial charge in [-0.05, 0) is 24.5 Å². The number of rotatable bonds is 3. The third-order valence-electron chi connectivity index (χ3n) is 3.65. The van der Waals surface area contributed by atoms with E-state index in [1.807, 2.05) is 6.92 Å². The maximum Gasteiger partial charge on any atom is 0.416 e. The van der Waals surface area contributed by atoms with E-state index >= 15 is 0 Å². The number of anilines is 2. The number of hydrogen-bond acceptors (Lipinski definition) is 5. The zero-order valence-electron chi connectivity index (χ0n) is 11.0. The van der Waals surface area contributed by atoms with Crippen LogP contribution in [0.3, 0.4) is 0 Å². The molecule has 0 amide bonds. The Morgan fingerprint density at radius 1 is 1.50 bits per heavy atom. The van der Waals surface area contributed by atoms with Crippen LogP contribution in [-0.2, 0) is 6.18 Å². The minimum Gasteiger partial charge on any atom is -0.394 e. The second kappa shape index (κ2) is 5.45. The van der Waals surface area contributed by atoms with E-state index in [4.69, 9.17) is 5.84 Å². The molecule has 0 bridgehead atoms. The zero-order valence-corrected chi connectivity index (χ0v) is 11.0. The molecule has 1 saturated heterocycles. The van der Waals surface area contributed by atoms with Crippen molar-refractivity contribution in [3.05, 3.63) is 17.7 Å². The van der Waals surface area contributed by atoms with Gasteiger partial charge in [0.25, 0.3) is 0 Å². The maximum atomic E-state index is 12.9. The molecule has 1 fully saturated rings. The van der Waals surface area contributed by atoms with Gasteiger partial charge in [0.2, 0.25) is 0 Å². The summed E-state index contributed by atoms with van der Waals surface area (Å²) in [5, 5.41) is 9.39. The van der Waals surface area contributed by atoms with Crippen LogP contribution in [-0.4, -0.2) is 29.3 Å². The van der Waals surface area contributed by atoms with E-state index in [2.05, 4.69) is 10.4 Å². The lowest BCUT2D eigenvalue weighted by atomic mass is 10.0. The van der Waals surface area contributed by atoms with E-state index in [0.717, 1.165) is 18.6 Å². The summed E-state index contributed by atoms with van der Waals surface area (Å²) in [7, 11) is 0. The minimum atomic E-state index is -4.47. The molecule has 0 spiro atoms. The molecule has 0 saturated carbocycles. The van der Waals surface area contributed by atoms with Crippen LogP contribution in [0.25, 0.3) is 0 Å². The molecule has 2 atom stereocenters. The summed E-state index contributed by atoms with van der Waals surface area (Å²) in [5.41, 5.74) is 1.33. The summed E-state index contributed by atoms with van der Waals surface area (Å²) >= 11 is 0. The van der Waals surface area contributed by atoms with Gasteiger partial charge in [0.1, 0.15) is 11.6 Å². The quantitative estimate of drug-likeness (QED) is 0.582. The lowest BCUT2D eigenvalue weighted by Crippen LogP contribution is -2.36. The van der Waals surface area contributed by atoms with Crippen molar-refractivity contribution >= 4 is 11.6 Å².